The fourth-order valence-corrected chi connectivity index (χ4v) is 2.91. The van der Waals surface area contributed by atoms with Crippen molar-refractivity contribution >= 4 is 17.5 Å². The van der Waals surface area contributed by atoms with E-state index in [9.17, 15) is 4.79 Å². The van der Waals surface area contributed by atoms with Gasteiger partial charge >= 0.3 is 0 Å². The van der Waals surface area contributed by atoms with Crippen molar-refractivity contribution in [3.05, 3.63) is 70.8 Å². The van der Waals surface area contributed by atoms with Gasteiger partial charge in [0.25, 0.3) is 5.91 Å². The molecule has 8 heteroatoms. The number of halogens is 1. The van der Waals surface area contributed by atoms with E-state index in [1.54, 1.807) is 23.1 Å². The number of nitrogens with zero attached hydrogens (tertiary/aromatic N) is 3. The molecule has 0 bridgehead atoms. The third kappa shape index (κ3) is 3.48. The maximum atomic E-state index is 12.4. The minimum atomic E-state index is -0.225. The van der Waals surface area contributed by atoms with Crippen LogP contribution in [0.2, 0.25) is 5.02 Å². The van der Waals surface area contributed by atoms with E-state index in [0.717, 1.165) is 11.1 Å². The van der Waals surface area contributed by atoms with Gasteiger partial charge in [-0.05, 0) is 23.3 Å². The van der Waals surface area contributed by atoms with E-state index < -0.39 is 0 Å². The molecule has 3 aromatic rings. The first-order valence-electron chi connectivity index (χ1n) is 7.96. The molecule has 0 saturated heterocycles. The quantitative estimate of drug-likeness (QED) is 0.747. The Morgan fingerprint density at radius 2 is 2.00 bits per heavy atom. The van der Waals surface area contributed by atoms with Crippen LogP contribution in [0.25, 0.3) is 0 Å². The SMILES string of the molecule is O=C(NCc1ccc(Cn2cncn2)cc1)c1cc(Cl)c2c(c1)OCO2. The second-order valence-corrected chi connectivity index (χ2v) is 6.19. The number of fused-ring (bicyclic) bond motifs is 1. The molecule has 4 rings (SSSR count). The molecule has 0 radical (unpaired) electrons. The number of nitrogens with one attached hydrogen (secondary N) is 1. The highest BCUT2D eigenvalue weighted by Gasteiger charge is 2.20. The molecule has 132 valence electrons. The van der Waals surface area contributed by atoms with Gasteiger partial charge in [-0.1, -0.05) is 35.9 Å². The molecule has 1 aliphatic rings. The van der Waals surface area contributed by atoms with Crippen molar-refractivity contribution < 1.29 is 14.3 Å². The third-order valence-corrected chi connectivity index (χ3v) is 4.26. The first-order chi connectivity index (χ1) is 12.7. The van der Waals surface area contributed by atoms with Gasteiger partial charge in [-0.2, -0.15) is 5.10 Å². The molecule has 1 amide bonds. The normalized spacial score (nSPS) is 12.2. The number of amides is 1. The van der Waals surface area contributed by atoms with E-state index in [0.29, 0.717) is 35.2 Å². The molecule has 7 nitrogen and oxygen atoms in total. The van der Waals surface area contributed by atoms with Crippen LogP contribution in [0, 0.1) is 0 Å². The summed E-state index contributed by atoms with van der Waals surface area (Å²) in [6, 6.07) is 11.1. The molecular formula is C18H15ClN4O3. The van der Waals surface area contributed by atoms with Gasteiger partial charge < -0.3 is 14.8 Å². The van der Waals surface area contributed by atoms with E-state index in [2.05, 4.69) is 15.4 Å². The van der Waals surface area contributed by atoms with Crippen LogP contribution in [0.4, 0.5) is 0 Å². The van der Waals surface area contributed by atoms with Crippen molar-refractivity contribution in [2.45, 2.75) is 13.1 Å². The molecule has 0 aliphatic carbocycles. The molecule has 1 aliphatic heterocycles. The van der Waals surface area contributed by atoms with Gasteiger partial charge in [-0.15, -0.1) is 0 Å². The summed E-state index contributed by atoms with van der Waals surface area (Å²) in [5.41, 5.74) is 2.53. The molecule has 26 heavy (non-hydrogen) atoms. The Bertz CT molecular complexity index is 926. The van der Waals surface area contributed by atoms with Crippen LogP contribution in [0.1, 0.15) is 21.5 Å². The number of rotatable bonds is 5. The zero-order valence-electron chi connectivity index (χ0n) is 13.7. The second-order valence-electron chi connectivity index (χ2n) is 5.78. The molecule has 0 unspecified atom stereocenters. The lowest BCUT2D eigenvalue weighted by molar-refractivity contribution is 0.0950. The zero-order valence-corrected chi connectivity index (χ0v) is 14.4. The fraction of sp³-hybridized carbons (Fsp3) is 0.167. The van der Waals surface area contributed by atoms with Gasteiger partial charge in [0, 0.05) is 12.1 Å². The summed E-state index contributed by atoms with van der Waals surface area (Å²) in [6.07, 6.45) is 3.18. The maximum absolute atomic E-state index is 12.4. The van der Waals surface area contributed by atoms with Crippen LogP contribution in [0.3, 0.4) is 0 Å². The lowest BCUT2D eigenvalue weighted by Crippen LogP contribution is -2.22. The standard InChI is InChI=1S/C18H15ClN4O3/c19-15-5-14(6-16-17(15)26-11-25-16)18(24)21-7-12-1-3-13(4-2-12)8-23-10-20-9-22-23/h1-6,9-10H,7-8,11H2,(H,21,24). The van der Waals surface area contributed by atoms with Crippen LogP contribution >= 0.6 is 11.6 Å². The fourth-order valence-electron chi connectivity index (χ4n) is 2.65. The van der Waals surface area contributed by atoms with E-state index in [1.807, 2.05) is 24.3 Å². The Morgan fingerprint density at radius 1 is 1.19 bits per heavy atom. The number of benzene rings is 2. The minimum absolute atomic E-state index is 0.112. The number of ether oxygens (including phenoxy) is 2. The predicted molar refractivity (Wildman–Crippen MR) is 94.3 cm³/mol. The average molecular weight is 371 g/mol. The van der Waals surface area contributed by atoms with Gasteiger partial charge in [0.2, 0.25) is 6.79 Å². The number of aromatic nitrogens is 3. The summed E-state index contributed by atoms with van der Waals surface area (Å²) in [7, 11) is 0. The van der Waals surface area contributed by atoms with Crippen molar-refractivity contribution in [2.24, 2.45) is 0 Å². The van der Waals surface area contributed by atoms with Crippen LogP contribution in [-0.2, 0) is 13.1 Å². The Balaban J connectivity index is 1.38. The first-order valence-corrected chi connectivity index (χ1v) is 8.34. The molecule has 2 heterocycles. The van der Waals surface area contributed by atoms with Gasteiger partial charge in [0.1, 0.15) is 12.7 Å². The van der Waals surface area contributed by atoms with Crippen LogP contribution in [0.15, 0.2) is 49.1 Å². The van der Waals surface area contributed by atoms with Crippen molar-refractivity contribution in [3.8, 4) is 11.5 Å². The highest BCUT2D eigenvalue weighted by molar-refractivity contribution is 6.32. The Morgan fingerprint density at radius 3 is 2.77 bits per heavy atom. The van der Waals surface area contributed by atoms with Crippen molar-refractivity contribution in [1.82, 2.24) is 20.1 Å². The number of hydrogen-bond acceptors (Lipinski definition) is 5. The molecule has 2 aromatic carbocycles. The number of hydrogen-bond donors (Lipinski definition) is 1. The molecule has 0 fully saturated rings. The Kier molecular flexibility index (Phi) is 4.45. The number of carbonyl (C=O) groups is 1. The van der Waals surface area contributed by atoms with Gasteiger partial charge in [-0.25, -0.2) is 9.67 Å². The van der Waals surface area contributed by atoms with Gasteiger partial charge in [0.15, 0.2) is 11.5 Å². The molecule has 1 N–H and O–H groups in total. The molecule has 0 saturated carbocycles. The largest absolute Gasteiger partial charge is 0.454 e. The minimum Gasteiger partial charge on any atom is -0.454 e. The summed E-state index contributed by atoms with van der Waals surface area (Å²) in [6.45, 7) is 1.18. The Labute approximate surface area is 154 Å². The maximum Gasteiger partial charge on any atom is 0.251 e. The summed E-state index contributed by atoms with van der Waals surface area (Å²) in [4.78, 5) is 16.3. The summed E-state index contributed by atoms with van der Waals surface area (Å²) < 4.78 is 12.3. The van der Waals surface area contributed by atoms with Crippen LogP contribution in [-0.4, -0.2) is 27.5 Å². The first kappa shape index (κ1) is 16.4. The van der Waals surface area contributed by atoms with Crippen molar-refractivity contribution in [3.63, 3.8) is 0 Å². The molecule has 0 spiro atoms. The summed E-state index contributed by atoms with van der Waals surface area (Å²) in [5, 5.41) is 7.32. The Hall–Kier alpha value is -3.06. The molecule has 1 aromatic heterocycles. The zero-order chi connectivity index (χ0) is 17.9. The monoisotopic (exact) mass is 370 g/mol. The van der Waals surface area contributed by atoms with Gasteiger partial charge in [-0.3, -0.25) is 4.79 Å². The lowest BCUT2D eigenvalue weighted by atomic mass is 10.1. The van der Waals surface area contributed by atoms with Gasteiger partial charge in [0.05, 0.1) is 11.6 Å². The summed E-state index contributed by atoms with van der Waals surface area (Å²) in [5.74, 6) is 0.739. The highest BCUT2D eigenvalue weighted by Crippen LogP contribution is 2.39. The third-order valence-electron chi connectivity index (χ3n) is 3.98. The molecule has 0 atom stereocenters. The second kappa shape index (κ2) is 7.05. The average Bonchev–Trinajstić information content (AvgIpc) is 3.32. The predicted octanol–water partition coefficient (Wildman–Crippen LogP) is 2.64. The van der Waals surface area contributed by atoms with Crippen molar-refractivity contribution in [2.75, 3.05) is 6.79 Å². The topological polar surface area (TPSA) is 78.3 Å². The van der Waals surface area contributed by atoms with E-state index in [4.69, 9.17) is 21.1 Å². The van der Waals surface area contributed by atoms with E-state index >= 15 is 0 Å². The van der Waals surface area contributed by atoms with Crippen LogP contribution < -0.4 is 14.8 Å². The smallest absolute Gasteiger partial charge is 0.251 e. The van der Waals surface area contributed by atoms with E-state index in [1.165, 1.54) is 6.33 Å². The highest BCUT2D eigenvalue weighted by atomic mass is 35.5. The number of carbonyl (C=O) groups excluding carboxylic acids is 1. The van der Waals surface area contributed by atoms with E-state index in [-0.39, 0.29) is 12.7 Å². The lowest BCUT2D eigenvalue weighted by Gasteiger charge is -2.08. The molecular weight excluding hydrogens is 356 g/mol. The summed E-state index contributed by atoms with van der Waals surface area (Å²) >= 11 is 6.12. The van der Waals surface area contributed by atoms with Crippen LogP contribution in [0.5, 0.6) is 11.5 Å². The van der Waals surface area contributed by atoms with Crippen molar-refractivity contribution in [1.29, 1.82) is 0 Å².